The van der Waals surface area contributed by atoms with Gasteiger partial charge in [-0.05, 0) is 31.4 Å². The van der Waals surface area contributed by atoms with Gasteiger partial charge in [-0.15, -0.1) is 11.3 Å². The van der Waals surface area contributed by atoms with E-state index in [2.05, 4.69) is 18.2 Å². The molecule has 2 rings (SSSR count). The quantitative estimate of drug-likeness (QED) is 0.745. The zero-order valence-electron chi connectivity index (χ0n) is 9.61. The molecule has 0 aliphatic heterocycles. The average molecular weight is 234 g/mol. The van der Waals surface area contributed by atoms with Crippen molar-refractivity contribution in [3.63, 3.8) is 0 Å². The molecule has 84 valence electrons. The van der Waals surface area contributed by atoms with E-state index in [1.165, 1.54) is 17.2 Å². The topological polar surface area (TPSA) is 26.3 Å². The van der Waals surface area contributed by atoms with Gasteiger partial charge >= 0.3 is 5.97 Å². The van der Waals surface area contributed by atoms with Gasteiger partial charge in [0.05, 0.1) is 12.5 Å². The van der Waals surface area contributed by atoms with E-state index in [1.807, 2.05) is 26.0 Å². The Hall–Kier alpha value is -1.35. The normalized spacial score (nSPS) is 11.7. The molecule has 0 N–H and O–H groups in total. The molecule has 0 bridgehead atoms. The molecule has 1 aromatic heterocycles. The molecule has 1 heterocycles. The molecular formula is C13H14O2S. The molecule has 0 amide bonds. The van der Waals surface area contributed by atoms with Gasteiger partial charge in [0.25, 0.3) is 0 Å². The molecule has 16 heavy (non-hydrogen) atoms. The van der Waals surface area contributed by atoms with E-state index in [0.717, 1.165) is 4.88 Å². The molecule has 0 saturated heterocycles. The van der Waals surface area contributed by atoms with Crippen molar-refractivity contribution in [3.05, 3.63) is 35.2 Å². The van der Waals surface area contributed by atoms with Crippen LogP contribution >= 0.6 is 11.3 Å². The van der Waals surface area contributed by atoms with Crippen molar-refractivity contribution >= 4 is 27.4 Å². The first-order valence-corrected chi connectivity index (χ1v) is 5.95. The number of benzene rings is 1. The molecule has 2 nitrogen and oxygen atoms in total. The number of methoxy groups -OCH3 is 1. The van der Waals surface area contributed by atoms with Crippen molar-refractivity contribution in [2.75, 3.05) is 7.11 Å². The number of ether oxygens (including phenoxy) is 1. The highest BCUT2D eigenvalue weighted by Crippen LogP contribution is 2.35. The predicted molar refractivity (Wildman–Crippen MR) is 66.9 cm³/mol. The van der Waals surface area contributed by atoms with E-state index in [-0.39, 0.29) is 5.97 Å². The lowest BCUT2D eigenvalue weighted by atomic mass is 9.91. The van der Waals surface area contributed by atoms with Gasteiger partial charge in [-0.2, -0.15) is 0 Å². The van der Waals surface area contributed by atoms with Gasteiger partial charge in [-0.3, -0.25) is 4.79 Å². The van der Waals surface area contributed by atoms with Crippen LogP contribution in [0.4, 0.5) is 0 Å². The third kappa shape index (κ3) is 1.71. The maximum absolute atomic E-state index is 11.7. The van der Waals surface area contributed by atoms with Crippen LogP contribution in [0.3, 0.4) is 0 Å². The summed E-state index contributed by atoms with van der Waals surface area (Å²) in [4.78, 5) is 12.7. The van der Waals surface area contributed by atoms with E-state index in [4.69, 9.17) is 4.74 Å². The lowest BCUT2D eigenvalue weighted by molar-refractivity contribution is -0.146. The molecule has 1 aromatic carbocycles. The smallest absolute Gasteiger partial charge is 0.316 e. The summed E-state index contributed by atoms with van der Waals surface area (Å²) in [5.41, 5.74) is -0.571. The van der Waals surface area contributed by atoms with Crippen LogP contribution in [0.5, 0.6) is 0 Å². The highest BCUT2D eigenvalue weighted by Gasteiger charge is 2.32. The molecule has 0 radical (unpaired) electrons. The lowest BCUT2D eigenvalue weighted by Crippen LogP contribution is -2.29. The Bertz CT molecular complexity index is 492. The minimum absolute atomic E-state index is 0.195. The fourth-order valence-corrected chi connectivity index (χ4v) is 2.80. The van der Waals surface area contributed by atoms with Crippen LogP contribution in [0.15, 0.2) is 30.3 Å². The molecule has 3 heteroatoms. The van der Waals surface area contributed by atoms with Gasteiger partial charge in [-0.25, -0.2) is 0 Å². The number of fused-ring (bicyclic) bond motifs is 1. The summed E-state index contributed by atoms with van der Waals surface area (Å²) < 4.78 is 6.04. The van der Waals surface area contributed by atoms with Crippen LogP contribution in [0, 0.1) is 0 Å². The first kappa shape index (κ1) is 11.1. The summed E-state index contributed by atoms with van der Waals surface area (Å²) in [5.74, 6) is -0.195. The molecule has 0 spiro atoms. The number of thiophene rings is 1. The average Bonchev–Trinajstić information content (AvgIpc) is 2.72. The van der Waals surface area contributed by atoms with Gasteiger partial charge < -0.3 is 4.74 Å². The van der Waals surface area contributed by atoms with Gasteiger partial charge in [-0.1, -0.05) is 18.2 Å². The summed E-state index contributed by atoms with van der Waals surface area (Å²) in [6, 6.07) is 10.2. The van der Waals surface area contributed by atoms with Crippen LogP contribution in [-0.2, 0) is 14.9 Å². The SMILES string of the molecule is COC(=O)C(C)(C)c1cc2ccccc2s1. The highest BCUT2D eigenvalue weighted by molar-refractivity contribution is 7.19. The van der Waals surface area contributed by atoms with Crippen LogP contribution < -0.4 is 0 Å². The Labute approximate surface area is 98.9 Å². The van der Waals surface area contributed by atoms with E-state index in [0.29, 0.717) is 0 Å². The molecule has 0 aliphatic rings. The third-order valence-corrected chi connectivity index (χ3v) is 4.18. The molecule has 0 unspecified atom stereocenters. The minimum Gasteiger partial charge on any atom is -0.468 e. The summed E-state index contributed by atoms with van der Waals surface area (Å²) in [5, 5.41) is 1.18. The summed E-state index contributed by atoms with van der Waals surface area (Å²) in [6.07, 6.45) is 0. The number of hydrogen-bond donors (Lipinski definition) is 0. The van der Waals surface area contributed by atoms with Crippen molar-refractivity contribution in [1.29, 1.82) is 0 Å². The number of rotatable bonds is 2. The Kier molecular flexibility index (Phi) is 2.72. The molecule has 2 aromatic rings. The second kappa shape index (κ2) is 3.91. The van der Waals surface area contributed by atoms with E-state index >= 15 is 0 Å². The van der Waals surface area contributed by atoms with Crippen LogP contribution in [0.2, 0.25) is 0 Å². The zero-order valence-corrected chi connectivity index (χ0v) is 10.4. The lowest BCUT2D eigenvalue weighted by Gasteiger charge is -2.19. The Morgan fingerprint density at radius 1 is 1.31 bits per heavy atom. The van der Waals surface area contributed by atoms with Crippen molar-refractivity contribution in [1.82, 2.24) is 0 Å². The second-order valence-electron chi connectivity index (χ2n) is 4.27. The molecule has 0 saturated carbocycles. The Morgan fingerprint density at radius 2 is 2.00 bits per heavy atom. The molecule has 0 fully saturated rings. The number of carbonyl (C=O) groups excluding carboxylic acids is 1. The number of hydrogen-bond acceptors (Lipinski definition) is 3. The van der Waals surface area contributed by atoms with E-state index in [9.17, 15) is 4.79 Å². The van der Waals surface area contributed by atoms with Crippen molar-refractivity contribution in [2.45, 2.75) is 19.3 Å². The summed E-state index contributed by atoms with van der Waals surface area (Å²) >= 11 is 1.65. The number of carbonyl (C=O) groups is 1. The predicted octanol–water partition coefficient (Wildman–Crippen LogP) is 3.35. The van der Waals surface area contributed by atoms with Gasteiger partial charge in [0.2, 0.25) is 0 Å². The number of esters is 1. The molecule has 0 atom stereocenters. The van der Waals surface area contributed by atoms with Gasteiger partial charge in [0.1, 0.15) is 0 Å². The summed E-state index contributed by atoms with van der Waals surface area (Å²) in [7, 11) is 1.43. The maximum atomic E-state index is 11.7. The highest BCUT2D eigenvalue weighted by atomic mass is 32.1. The standard InChI is InChI=1S/C13H14O2S/c1-13(2,12(14)15-3)11-8-9-6-4-5-7-10(9)16-11/h4-8H,1-3H3. The van der Waals surface area contributed by atoms with E-state index in [1.54, 1.807) is 11.3 Å². The fourth-order valence-electron chi connectivity index (χ4n) is 1.65. The van der Waals surface area contributed by atoms with Gasteiger partial charge in [0, 0.05) is 9.58 Å². The summed E-state index contributed by atoms with van der Waals surface area (Å²) in [6.45, 7) is 3.78. The van der Waals surface area contributed by atoms with Crippen LogP contribution in [0.1, 0.15) is 18.7 Å². The minimum atomic E-state index is -0.571. The monoisotopic (exact) mass is 234 g/mol. The van der Waals surface area contributed by atoms with Crippen molar-refractivity contribution in [2.24, 2.45) is 0 Å². The largest absolute Gasteiger partial charge is 0.468 e. The van der Waals surface area contributed by atoms with Crippen LogP contribution in [-0.4, -0.2) is 13.1 Å². The first-order valence-electron chi connectivity index (χ1n) is 5.13. The maximum Gasteiger partial charge on any atom is 0.316 e. The third-order valence-electron chi connectivity index (χ3n) is 2.74. The Morgan fingerprint density at radius 3 is 2.62 bits per heavy atom. The fraction of sp³-hybridized carbons (Fsp3) is 0.308. The Balaban J connectivity index is 2.51. The molecular weight excluding hydrogens is 220 g/mol. The second-order valence-corrected chi connectivity index (χ2v) is 5.35. The molecule has 0 aliphatic carbocycles. The van der Waals surface area contributed by atoms with Crippen molar-refractivity contribution < 1.29 is 9.53 Å². The zero-order chi connectivity index (χ0) is 11.8. The van der Waals surface area contributed by atoms with E-state index < -0.39 is 5.41 Å². The van der Waals surface area contributed by atoms with Crippen LogP contribution in [0.25, 0.3) is 10.1 Å². The first-order chi connectivity index (χ1) is 7.55. The van der Waals surface area contributed by atoms with Crippen molar-refractivity contribution in [3.8, 4) is 0 Å². The van der Waals surface area contributed by atoms with Gasteiger partial charge in [0.15, 0.2) is 0 Å².